The summed E-state index contributed by atoms with van der Waals surface area (Å²) in [5.41, 5.74) is 1.46. The van der Waals surface area contributed by atoms with E-state index in [2.05, 4.69) is 6.92 Å². The van der Waals surface area contributed by atoms with Crippen LogP contribution >= 0.6 is 11.6 Å². The number of alkyl halides is 1. The molecule has 0 heterocycles. The van der Waals surface area contributed by atoms with E-state index in [1.165, 1.54) is 25.7 Å². The molecule has 2 aromatic carbocycles. The molecule has 0 aliphatic rings. The van der Waals surface area contributed by atoms with E-state index < -0.39 is 10.8 Å². The molecule has 0 aliphatic heterocycles. The van der Waals surface area contributed by atoms with Crippen LogP contribution in [0.5, 0.6) is 0 Å². The first kappa shape index (κ1) is 19.5. The maximum Gasteiger partial charge on any atom is 0.336 e. The maximum absolute atomic E-state index is 12.8. The van der Waals surface area contributed by atoms with Gasteiger partial charge in [0.05, 0.1) is 6.61 Å². The summed E-state index contributed by atoms with van der Waals surface area (Å²) in [4.78, 5) is 11.5. The summed E-state index contributed by atoms with van der Waals surface area (Å²) < 4.78 is 5.55. The molecular weight excluding hydrogens is 332 g/mol. The molecule has 0 unspecified atom stereocenters. The van der Waals surface area contributed by atoms with E-state index in [4.69, 9.17) is 16.3 Å². The Morgan fingerprint density at radius 3 is 1.84 bits per heavy atom. The molecule has 0 saturated heterocycles. The van der Waals surface area contributed by atoms with Gasteiger partial charge in [0.1, 0.15) is 0 Å². The summed E-state index contributed by atoms with van der Waals surface area (Å²) in [5, 5.41) is 0. The summed E-state index contributed by atoms with van der Waals surface area (Å²) in [7, 11) is 0. The summed E-state index contributed by atoms with van der Waals surface area (Å²) in [6.07, 6.45) is 6.91. The summed E-state index contributed by atoms with van der Waals surface area (Å²) in [5.74, 6) is -0.403. The van der Waals surface area contributed by atoms with Gasteiger partial charge in [-0.2, -0.15) is 0 Å². The monoisotopic (exact) mass is 358 g/mol. The van der Waals surface area contributed by atoms with Crippen molar-refractivity contribution in [3.05, 3.63) is 71.8 Å². The first-order valence-electron chi connectivity index (χ1n) is 9.16. The zero-order valence-corrected chi connectivity index (χ0v) is 15.7. The third kappa shape index (κ3) is 5.34. The Morgan fingerprint density at radius 1 is 0.840 bits per heavy atom. The Hall–Kier alpha value is -1.80. The Labute approximate surface area is 156 Å². The van der Waals surface area contributed by atoms with Crippen molar-refractivity contribution in [1.82, 2.24) is 0 Å². The summed E-state index contributed by atoms with van der Waals surface area (Å²) >= 11 is 6.85. The van der Waals surface area contributed by atoms with Crippen LogP contribution in [0.25, 0.3) is 0 Å². The quantitative estimate of drug-likeness (QED) is 0.292. The van der Waals surface area contributed by atoms with Gasteiger partial charge in [-0.05, 0) is 17.5 Å². The number of carbonyl (C=O) groups excluding carboxylic acids is 1. The molecule has 0 N–H and O–H groups in total. The minimum atomic E-state index is -1.30. The smallest absolute Gasteiger partial charge is 0.336 e. The van der Waals surface area contributed by atoms with Crippen LogP contribution in [0.4, 0.5) is 0 Å². The fourth-order valence-corrected chi connectivity index (χ4v) is 3.19. The predicted molar refractivity (Wildman–Crippen MR) is 104 cm³/mol. The van der Waals surface area contributed by atoms with E-state index in [0.717, 1.165) is 24.0 Å². The SMILES string of the molecule is CCCCCCCCOC(=O)C(Cl)(c1ccccc1)c1ccccc1. The van der Waals surface area contributed by atoms with E-state index in [-0.39, 0.29) is 0 Å². The molecule has 0 saturated carbocycles. The van der Waals surface area contributed by atoms with Crippen molar-refractivity contribution >= 4 is 17.6 Å². The average Bonchev–Trinajstić information content (AvgIpc) is 2.67. The highest BCUT2D eigenvalue weighted by atomic mass is 35.5. The Balaban J connectivity index is 2.03. The Bertz CT molecular complexity index is 585. The molecule has 0 radical (unpaired) electrons. The highest BCUT2D eigenvalue weighted by Gasteiger charge is 2.41. The zero-order chi connectivity index (χ0) is 18.0. The number of unbranched alkanes of at least 4 members (excludes halogenated alkanes) is 5. The van der Waals surface area contributed by atoms with Crippen LogP contribution in [-0.2, 0) is 14.4 Å². The normalized spacial score (nSPS) is 11.3. The van der Waals surface area contributed by atoms with Gasteiger partial charge in [-0.3, -0.25) is 0 Å². The van der Waals surface area contributed by atoms with Gasteiger partial charge in [0.25, 0.3) is 0 Å². The van der Waals surface area contributed by atoms with Gasteiger partial charge >= 0.3 is 5.97 Å². The second-order valence-corrected chi connectivity index (χ2v) is 6.86. The van der Waals surface area contributed by atoms with Crippen molar-refractivity contribution in [3.8, 4) is 0 Å². The molecule has 0 fully saturated rings. The summed E-state index contributed by atoms with van der Waals surface area (Å²) in [6.45, 7) is 2.62. The molecule has 0 atom stereocenters. The molecule has 0 spiro atoms. The molecule has 134 valence electrons. The molecule has 2 nitrogen and oxygen atoms in total. The van der Waals surface area contributed by atoms with Crippen LogP contribution in [0.15, 0.2) is 60.7 Å². The molecule has 0 aromatic heterocycles. The number of hydrogen-bond acceptors (Lipinski definition) is 2. The number of ether oxygens (including phenoxy) is 1. The maximum atomic E-state index is 12.8. The molecule has 0 amide bonds. The van der Waals surface area contributed by atoms with Crippen LogP contribution in [0.2, 0.25) is 0 Å². The fourth-order valence-electron chi connectivity index (χ4n) is 2.88. The molecule has 2 aromatic rings. The van der Waals surface area contributed by atoms with E-state index in [0.29, 0.717) is 6.61 Å². The Morgan fingerprint density at radius 2 is 1.32 bits per heavy atom. The molecular formula is C22H27ClO2. The zero-order valence-electron chi connectivity index (χ0n) is 14.9. The van der Waals surface area contributed by atoms with E-state index in [1.54, 1.807) is 0 Å². The number of benzene rings is 2. The van der Waals surface area contributed by atoms with Crippen LogP contribution in [0, 0.1) is 0 Å². The summed E-state index contributed by atoms with van der Waals surface area (Å²) in [6, 6.07) is 18.8. The molecule has 3 heteroatoms. The van der Waals surface area contributed by atoms with Gasteiger partial charge in [0, 0.05) is 0 Å². The largest absolute Gasteiger partial charge is 0.464 e. The number of halogens is 1. The highest BCUT2D eigenvalue weighted by Crippen LogP contribution is 2.38. The Kier molecular flexibility index (Phi) is 8.00. The molecule has 0 bridgehead atoms. The van der Waals surface area contributed by atoms with Gasteiger partial charge in [0.15, 0.2) is 4.87 Å². The molecule has 25 heavy (non-hydrogen) atoms. The van der Waals surface area contributed by atoms with Crippen molar-refractivity contribution in [2.75, 3.05) is 6.61 Å². The predicted octanol–water partition coefficient (Wildman–Crippen LogP) is 6.07. The standard InChI is InChI=1S/C22H27ClO2/c1-2-3-4-5-6-13-18-25-21(24)22(23,19-14-9-7-10-15-19)20-16-11-8-12-17-20/h7-12,14-17H,2-6,13,18H2,1H3. The first-order chi connectivity index (χ1) is 12.2. The lowest BCUT2D eigenvalue weighted by atomic mass is 9.90. The number of carbonyl (C=O) groups is 1. The van der Waals surface area contributed by atoms with Gasteiger partial charge in [-0.25, -0.2) is 4.79 Å². The average molecular weight is 359 g/mol. The van der Waals surface area contributed by atoms with Crippen LogP contribution in [0.1, 0.15) is 56.6 Å². The van der Waals surface area contributed by atoms with Gasteiger partial charge < -0.3 is 4.74 Å². The highest BCUT2D eigenvalue weighted by molar-refractivity contribution is 6.36. The third-order valence-corrected chi connectivity index (χ3v) is 4.95. The first-order valence-corrected chi connectivity index (χ1v) is 9.54. The lowest BCUT2D eigenvalue weighted by Gasteiger charge is -2.26. The van der Waals surface area contributed by atoms with E-state index in [9.17, 15) is 4.79 Å². The van der Waals surface area contributed by atoms with E-state index >= 15 is 0 Å². The number of hydrogen-bond donors (Lipinski definition) is 0. The van der Waals surface area contributed by atoms with Crippen molar-refractivity contribution < 1.29 is 9.53 Å². The van der Waals surface area contributed by atoms with Crippen LogP contribution in [0.3, 0.4) is 0 Å². The fraction of sp³-hybridized carbons (Fsp3) is 0.409. The van der Waals surface area contributed by atoms with Crippen LogP contribution < -0.4 is 0 Å². The minimum absolute atomic E-state index is 0.403. The van der Waals surface area contributed by atoms with Crippen molar-refractivity contribution in [2.45, 2.75) is 50.3 Å². The topological polar surface area (TPSA) is 26.3 Å². The van der Waals surface area contributed by atoms with Crippen molar-refractivity contribution in [3.63, 3.8) is 0 Å². The van der Waals surface area contributed by atoms with Crippen molar-refractivity contribution in [1.29, 1.82) is 0 Å². The van der Waals surface area contributed by atoms with Gasteiger partial charge in [-0.15, -0.1) is 0 Å². The lowest BCUT2D eigenvalue weighted by Crippen LogP contribution is -2.33. The van der Waals surface area contributed by atoms with Crippen LogP contribution in [-0.4, -0.2) is 12.6 Å². The lowest BCUT2D eigenvalue weighted by molar-refractivity contribution is -0.146. The number of esters is 1. The van der Waals surface area contributed by atoms with E-state index in [1.807, 2.05) is 60.7 Å². The van der Waals surface area contributed by atoms with Gasteiger partial charge in [-0.1, -0.05) is 111 Å². The minimum Gasteiger partial charge on any atom is -0.464 e. The third-order valence-electron chi connectivity index (χ3n) is 4.36. The number of rotatable bonds is 10. The molecule has 0 aliphatic carbocycles. The van der Waals surface area contributed by atoms with Crippen molar-refractivity contribution in [2.24, 2.45) is 0 Å². The second-order valence-electron chi connectivity index (χ2n) is 6.29. The second kappa shape index (κ2) is 10.2. The van der Waals surface area contributed by atoms with Gasteiger partial charge in [0.2, 0.25) is 0 Å². The molecule has 2 rings (SSSR count).